The maximum Gasteiger partial charge on any atom is 0.417 e. The van der Waals surface area contributed by atoms with Crippen molar-refractivity contribution in [3.63, 3.8) is 0 Å². The predicted molar refractivity (Wildman–Crippen MR) is 135 cm³/mol. The molecule has 0 unspecified atom stereocenters. The van der Waals surface area contributed by atoms with E-state index >= 15 is 0 Å². The Morgan fingerprint density at radius 3 is 2.41 bits per heavy atom. The summed E-state index contributed by atoms with van der Waals surface area (Å²) in [5.74, 6) is -2.35. The molecule has 0 N–H and O–H groups in total. The maximum atomic E-state index is 14.4. The number of esters is 1. The molecule has 5 nitrogen and oxygen atoms in total. The zero-order chi connectivity index (χ0) is 28.5. The van der Waals surface area contributed by atoms with Crippen molar-refractivity contribution in [3.05, 3.63) is 103 Å². The van der Waals surface area contributed by atoms with Crippen LogP contribution in [0.3, 0.4) is 0 Å². The number of ether oxygens (including phenoxy) is 1. The summed E-state index contributed by atoms with van der Waals surface area (Å²) in [7, 11) is 1.24. The van der Waals surface area contributed by atoms with Gasteiger partial charge in [-0.15, -0.1) is 11.3 Å². The monoisotopic (exact) mass is 578 g/mol. The summed E-state index contributed by atoms with van der Waals surface area (Å²) in [5, 5.41) is 11.2. The van der Waals surface area contributed by atoms with Crippen LogP contribution in [0.4, 0.5) is 22.0 Å². The molecule has 39 heavy (non-hydrogen) atoms. The molecule has 0 radical (unpaired) electrons. The Morgan fingerprint density at radius 1 is 1.08 bits per heavy atom. The second-order valence-electron chi connectivity index (χ2n) is 8.31. The number of thiophene rings is 1. The summed E-state index contributed by atoms with van der Waals surface area (Å²) in [6.45, 7) is -0.547. The van der Waals surface area contributed by atoms with Crippen molar-refractivity contribution in [1.82, 2.24) is 4.57 Å². The van der Waals surface area contributed by atoms with E-state index in [2.05, 4.69) is 4.74 Å². The molecule has 4 aromatic rings. The second kappa shape index (κ2) is 11.0. The first kappa shape index (κ1) is 28.0. The van der Waals surface area contributed by atoms with Gasteiger partial charge in [-0.3, -0.25) is 9.59 Å². The molecule has 0 saturated heterocycles. The summed E-state index contributed by atoms with van der Waals surface area (Å²) >= 11 is 7.32. The van der Waals surface area contributed by atoms with Crippen LogP contribution in [0, 0.1) is 23.0 Å². The number of carbonyl (C=O) groups is 1. The second-order valence-corrected chi connectivity index (χ2v) is 9.63. The quantitative estimate of drug-likeness (QED) is 0.186. The third-order valence-corrected chi connectivity index (χ3v) is 7.17. The number of hydrogen-bond donors (Lipinski definition) is 0. The van der Waals surface area contributed by atoms with Gasteiger partial charge in [0, 0.05) is 16.7 Å². The fraction of sp³-hybridized carbons (Fsp3) is 0.148. The molecular formula is C27H16ClF5N2O3S. The van der Waals surface area contributed by atoms with E-state index in [1.165, 1.54) is 19.2 Å². The lowest BCUT2D eigenvalue weighted by atomic mass is 10.0. The smallest absolute Gasteiger partial charge is 0.417 e. The maximum absolute atomic E-state index is 14.4. The van der Waals surface area contributed by atoms with Gasteiger partial charge in [-0.25, -0.2) is 8.78 Å². The fourth-order valence-electron chi connectivity index (χ4n) is 3.88. The molecule has 0 amide bonds. The number of rotatable bonds is 6. The topological polar surface area (TPSA) is 72.1 Å². The Bertz CT molecular complexity index is 1690. The first-order valence-corrected chi connectivity index (χ1v) is 12.3. The van der Waals surface area contributed by atoms with E-state index in [9.17, 15) is 36.8 Å². The summed E-state index contributed by atoms with van der Waals surface area (Å²) in [4.78, 5) is 24.9. The Labute approximate surface area is 227 Å². The van der Waals surface area contributed by atoms with E-state index in [-0.39, 0.29) is 27.6 Å². The van der Waals surface area contributed by atoms with Gasteiger partial charge in [-0.05, 0) is 46.3 Å². The number of pyridine rings is 1. The number of alkyl halides is 3. The van der Waals surface area contributed by atoms with Crippen molar-refractivity contribution >= 4 is 28.9 Å². The minimum absolute atomic E-state index is 0.0534. The molecule has 0 atom stereocenters. The minimum Gasteiger partial charge on any atom is -0.469 e. The van der Waals surface area contributed by atoms with Crippen LogP contribution in [0.15, 0.2) is 58.7 Å². The summed E-state index contributed by atoms with van der Waals surface area (Å²) in [6.07, 6.45) is -5.07. The van der Waals surface area contributed by atoms with Crippen molar-refractivity contribution in [2.24, 2.45) is 0 Å². The summed E-state index contributed by atoms with van der Waals surface area (Å²) in [5.41, 5.74) is -2.56. The molecule has 200 valence electrons. The lowest BCUT2D eigenvalue weighted by Crippen LogP contribution is -2.28. The molecular weight excluding hydrogens is 563 g/mol. The van der Waals surface area contributed by atoms with E-state index in [1.54, 1.807) is 23.6 Å². The van der Waals surface area contributed by atoms with E-state index in [4.69, 9.17) is 11.6 Å². The zero-order valence-corrected chi connectivity index (χ0v) is 21.5. The highest BCUT2D eigenvalue weighted by molar-refractivity contribution is 7.14. The minimum atomic E-state index is -5.01. The largest absolute Gasteiger partial charge is 0.469 e. The SMILES string of the molecule is COC(=O)Cc1ccc(-c2csc(-c3cc(C(F)(F)F)c(C#N)c(=O)n3Cc3ccc(F)cc3F)c2)cc1Cl. The van der Waals surface area contributed by atoms with E-state index < -0.39 is 47.0 Å². The van der Waals surface area contributed by atoms with Gasteiger partial charge in [0.1, 0.15) is 23.3 Å². The van der Waals surface area contributed by atoms with E-state index in [0.717, 1.165) is 28.0 Å². The van der Waals surface area contributed by atoms with Crippen molar-refractivity contribution in [1.29, 1.82) is 5.26 Å². The molecule has 4 rings (SSSR count). The van der Waals surface area contributed by atoms with Gasteiger partial charge in [-0.1, -0.05) is 29.8 Å². The highest BCUT2D eigenvalue weighted by Crippen LogP contribution is 2.38. The van der Waals surface area contributed by atoms with Gasteiger partial charge < -0.3 is 9.30 Å². The molecule has 0 bridgehead atoms. The van der Waals surface area contributed by atoms with Crippen molar-refractivity contribution < 1.29 is 31.5 Å². The number of nitrogens with zero attached hydrogens (tertiary/aromatic N) is 2. The number of nitriles is 1. The number of methoxy groups -OCH3 is 1. The molecule has 12 heteroatoms. The van der Waals surface area contributed by atoms with Gasteiger partial charge in [-0.2, -0.15) is 18.4 Å². The van der Waals surface area contributed by atoms with E-state index in [0.29, 0.717) is 28.8 Å². The molecule has 0 aliphatic rings. The summed E-state index contributed by atoms with van der Waals surface area (Å²) in [6, 6.07) is 11.0. The fourth-order valence-corrected chi connectivity index (χ4v) is 5.07. The van der Waals surface area contributed by atoms with E-state index in [1.807, 2.05) is 0 Å². The van der Waals surface area contributed by atoms with Crippen LogP contribution in [0.2, 0.25) is 5.02 Å². The number of hydrogen-bond acceptors (Lipinski definition) is 5. The first-order chi connectivity index (χ1) is 18.4. The Balaban J connectivity index is 1.85. The molecule has 0 saturated carbocycles. The third kappa shape index (κ3) is 5.87. The third-order valence-electron chi connectivity index (χ3n) is 5.86. The Morgan fingerprint density at radius 2 is 1.79 bits per heavy atom. The van der Waals surface area contributed by atoms with Crippen LogP contribution >= 0.6 is 22.9 Å². The van der Waals surface area contributed by atoms with Crippen molar-refractivity contribution in [3.8, 4) is 27.8 Å². The van der Waals surface area contributed by atoms with Crippen LogP contribution < -0.4 is 5.56 Å². The first-order valence-electron chi connectivity index (χ1n) is 11.1. The lowest BCUT2D eigenvalue weighted by Gasteiger charge is -2.17. The van der Waals surface area contributed by atoms with Gasteiger partial charge in [0.25, 0.3) is 5.56 Å². The summed E-state index contributed by atoms with van der Waals surface area (Å²) < 4.78 is 74.7. The lowest BCUT2D eigenvalue weighted by molar-refractivity contribution is -0.140. The number of benzene rings is 2. The molecule has 0 aliphatic heterocycles. The Kier molecular flexibility index (Phi) is 7.90. The normalized spacial score (nSPS) is 11.3. The number of aromatic nitrogens is 1. The Hall–Kier alpha value is -4.01. The van der Waals surface area contributed by atoms with Crippen LogP contribution in [0.25, 0.3) is 21.7 Å². The van der Waals surface area contributed by atoms with Crippen molar-refractivity contribution in [2.75, 3.05) is 7.11 Å². The predicted octanol–water partition coefficient (Wildman–Crippen LogP) is 6.83. The molecule has 0 spiro atoms. The molecule has 2 aromatic heterocycles. The van der Waals surface area contributed by atoms with Crippen LogP contribution in [0.1, 0.15) is 22.3 Å². The van der Waals surface area contributed by atoms with Gasteiger partial charge in [0.05, 0.1) is 36.2 Å². The van der Waals surface area contributed by atoms with Gasteiger partial charge in [0.15, 0.2) is 0 Å². The van der Waals surface area contributed by atoms with Crippen LogP contribution in [0.5, 0.6) is 0 Å². The molecule has 2 aromatic carbocycles. The highest BCUT2D eigenvalue weighted by atomic mass is 35.5. The average Bonchev–Trinajstić information content (AvgIpc) is 3.37. The average molecular weight is 579 g/mol. The molecule has 2 heterocycles. The molecule has 0 aliphatic carbocycles. The van der Waals surface area contributed by atoms with Crippen molar-refractivity contribution in [2.45, 2.75) is 19.1 Å². The van der Waals surface area contributed by atoms with Crippen LogP contribution in [-0.4, -0.2) is 17.6 Å². The van der Waals surface area contributed by atoms with Gasteiger partial charge in [0.2, 0.25) is 0 Å². The van der Waals surface area contributed by atoms with Crippen LogP contribution in [-0.2, 0) is 28.7 Å². The number of halogens is 6. The highest BCUT2D eigenvalue weighted by Gasteiger charge is 2.37. The standard InChI is InChI=1S/C27H16ClF5N2O3S/c1-38-25(36)8-15-3-2-14(6-21(15)28)17-7-24(39-13-17)23-10-20(27(31,32)33)19(11-34)26(37)35(23)12-16-4-5-18(29)9-22(16)30/h2-7,9-10,13H,8,12H2,1H3. The van der Waals surface area contributed by atoms with Gasteiger partial charge >= 0.3 is 12.1 Å². The molecule has 0 fully saturated rings. The zero-order valence-electron chi connectivity index (χ0n) is 19.9. The number of carbonyl (C=O) groups excluding carboxylic acids is 1.